The lowest BCUT2D eigenvalue weighted by atomic mass is 9.83. The van der Waals surface area contributed by atoms with E-state index in [1.807, 2.05) is 81.8 Å². The van der Waals surface area contributed by atoms with E-state index in [9.17, 15) is 24.3 Å². The van der Waals surface area contributed by atoms with Gasteiger partial charge >= 0.3 is 11.9 Å². The Morgan fingerprint density at radius 3 is 1.55 bits per heavy atom. The number of benzene rings is 6. The van der Waals surface area contributed by atoms with Gasteiger partial charge in [-0.15, -0.1) is 10.2 Å². The van der Waals surface area contributed by atoms with Crippen LogP contribution in [0.4, 0.5) is 0 Å². The van der Waals surface area contributed by atoms with E-state index in [1.165, 1.54) is 23.8 Å². The maximum Gasteiger partial charge on any atom is 0.306 e. The molecule has 10 rings (SSSR count). The molecule has 4 heterocycles. The first-order chi connectivity index (χ1) is 38.2. The van der Waals surface area contributed by atoms with Crippen LogP contribution < -0.4 is 5.32 Å². The molecule has 2 unspecified atom stereocenters. The fraction of sp³-hybridized carbons (Fsp3) is 0.385. The Hall–Kier alpha value is -7.55. The Morgan fingerprint density at radius 1 is 0.600 bits per heavy atom. The molecule has 0 saturated carbocycles. The van der Waals surface area contributed by atoms with Gasteiger partial charge in [0.2, 0.25) is 0 Å². The van der Waals surface area contributed by atoms with Crippen molar-refractivity contribution in [1.82, 2.24) is 40.2 Å². The predicted molar refractivity (Wildman–Crippen MR) is 316 cm³/mol. The molecule has 0 spiro atoms. The molecule has 0 fully saturated rings. The van der Waals surface area contributed by atoms with Crippen molar-refractivity contribution in [3.63, 3.8) is 0 Å². The Bertz CT molecular complexity index is 3650. The number of hydrogen-bond donors (Lipinski definition) is 2. The predicted octanol–water partition coefficient (Wildman–Crippen LogP) is 12.2. The molecule has 8 aromatic rings. The number of aromatic nitrogens is 6. The van der Waals surface area contributed by atoms with E-state index >= 15 is 0 Å². The molecule has 0 radical (unpaired) electrons. The zero-order valence-electron chi connectivity index (χ0n) is 48.7. The lowest BCUT2D eigenvalue weighted by molar-refractivity contribution is -0.141. The number of rotatable bonds is 12. The van der Waals surface area contributed by atoms with Gasteiger partial charge < -0.3 is 20.1 Å². The molecule has 2 aliphatic heterocycles. The van der Waals surface area contributed by atoms with Crippen molar-refractivity contribution in [2.24, 2.45) is 0 Å². The van der Waals surface area contributed by atoms with E-state index in [4.69, 9.17) is 16.3 Å². The maximum atomic E-state index is 13.8. The standard InChI is InChI=1S/C32H36N4O3.C22H26N4O2.C11H13ClO/c1-7-36-28-11-10-26(22(6)31(28)33-34-36)27(16-29(37)38)24-9-8-23-12-13-35(17-25(23)15-24)32(39)30-20(4)18(2)14-19(3)21(30)5;1-4-26-20-8-7-18(14(2)22(20)24-25-26)19(12-21(27)28-3)16-6-5-15-9-10-23-13-17(15)11-16;1-6-5-7(2)9(4)10(8(6)3)11(12)13/h8-11,14-15,27H,7,12-13,16-17H2,1-6H3,(H,37,38);5-8,11,19,23H,4,9-10,12-13H2,1-3H3;5H,1-4H3. The summed E-state index contributed by atoms with van der Waals surface area (Å²) in [7, 11) is 1.44. The summed E-state index contributed by atoms with van der Waals surface area (Å²) in [5.41, 5.74) is 24.8. The van der Waals surface area contributed by atoms with Gasteiger partial charge in [0.15, 0.2) is 0 Å². The molecule has 2 atom stereocenters. The average Bonchev–Trinajstić information content (AvgIpc) is 4.11. The van der Waals surface area contributed by atoms with Gasteiger partial charge in [0.1, 0.15) is 11.0 Å². The van der Waals surface area contributed by atoms with Crippen molar-refractivity contribution in [3.05, 3.63) is 184 Å². The highest BCUT2D eigenvalue weighted by Crippen LogP contribution is 2.38. The maximum absolute atomic E-state index is 13.8. The minimum atomic E-state index is -0.855. The zero-order chi connectivity index (χ0) is 57.9. The van der Waals surface area contributed by atoms with Crippen LogP contribution in [0.3, 0.4) is 0 Å². The third kappa shape index (κ3) is 12.0. The van der Waals surface area contributed by atoms with E-state index < -0.39 is 5.97 Å². The summed E-state index contributed by atoms with van der Waals surface area (Å²) in [6, 6.07) is 25.3. The first-order valence-electron chi connectivity index (χ1n) is 27.7. The van der Waals surface area contributed by atoms with E-state index in [2.05, 4.69) is 114 Å². The number of carboxylic acid groups (broad SMARTS) is 1. The number of methoxy groups -OCH3 is 1. The first-order valence-corrected chi connectivity index (χ1v) is 28.1. The number of esters is 1. The lowest BCUT2D eigenvalue weighted by Gasteiger charge is -2.31. The highest BCUT2D eigenvalue weighted by molar-refractivity contribution is 6.68. The van der Waals surface area contributed by atoms with Gasteiger partial charge in [0.25, 0.3) is 11.1 Å². The number of ether oxygens (including phenoxy) is 1. The first kappa shape index (κ1) is 58.6. The number of carbonyl (C=O) groups excluding carboxylic acids is 3. The summed E-state index contributed by atoms with van der Waals surface area (Å²) in [4.78, 5) is 51.1. The monoisotopic (exact) mass is 1100 g/mol. The van der Waals surface area contributed by atoms with Crippen molar-refractivity contribution in [2.75, 3.05) is 20.2 Å². The molecule has 14 nitrogen and oxygen atoms in total. The molecule has 418 valence electrons. The molecule has 0 aliphatic carbocycles. The largest absolute Gasteiger partial charge is 0.481 e. The Labute approximate surface area is 474 Å². The number of aliphatic carboxylic acids is 1. The quantitative estimate of drug-likeness (QED) is 0.0880. The number of halogens is 1. The van der Waals surface area contributed by atoms with Crippen LogP contribution in [0.5, 0.6) is 0 Å². The van der Waals surface area contributed by atoms with Crippen LogP contribution in [-0.2, 0) is 53.3 Å². The molecular weight excluding hydrogens is 1020 g/mol. The number of hydrogen-bond acceptors (Lipinski definition) is 10. The summed E-state index contributed by atoms with van der Waals surface area (Å²) in [5, 5.41) is 30.2. The van der Waals surface area contributed by atoms with Crippen LogP contribution in [0.15, 0.2) is 72.8 Å². The van der Waals surface area contributed by atoms with Gasteiger partial charge in [0.05, 0.1) is 31.0 Å². The molecular formula is C65H75ClN8O6. The van der Waals surface area contributed by atoms with Crippen LogP contribution in [0.25, 0.3) is 22.1 Å². The van der Waals surface area contributed by atoms with Crippen molar-refractivity contribution in [2.45, 2.75) is 147 Å². The second kappa shape index (κ2) is 24.9. The molecule has 6 aromatic carbocycles. The molecule has 2 aliphatic rings. The van der Waals surface area contributed by atoms with Crippen LogP contribution in [0.1, 0.15) is 159 Å². The van der Waals surface area contributed by atoms with Crippen molar-refractivity contribution < 1.29 is 29.0 Å². The second-order valence-corrected chi connectivity index (χ2v) is 21.9. The normalized spacial score (nSPS) is 13.6. The minimum Gasteiger partial charge on any atom is -0.481 e. The lowest BCUT2D eigenvalue weighted by Crippen LogP contribution is -2.37. The third-order valence-electron chi connectivity index (χ3n) is 16.9. The van der Waals surface area contributed by atoms with Crippen molar-refractivity contribution in [3.8, 4) is 0 Å². The molecule has 80 heavy (non-hydrogen) atoms. The zero-order valence-corrected chi connectivity index (χ0v) is 49.4. The number of nitrogens with zero attached hydrogens (tertiary/aromatic N) is 7. The number of amides is 1. The minimum absolute atomic E-state index is 0.0311. The number of nitrogens with one attached hydrogen (secondary N) is 1. The highest BCUT2D eigenvalue weighted by Gasteiger charge is 2.29. The molecule has 15 heteroatoms. The smallest absolute Gasteiger partial charge is 0.306 e. The van der Waals surface area contributed by atoms with Gasteiger partial charge in [-0.05, 0) is 226 Å². The molecule has 2 aromatic heterocycles. The summed E-state index contributed by atoms with van der Waals surface area (Å²) < 4.78 is 8.75. The fourth-order valence-electron chi connectivity index (χ4n) is 11.7. The molecule has 0 bridgehead atoms. The van der Waals surface area contributed by atoms with E-state index in [0.29, 0.717) is 25.1 Å². The number of carboxylic acids is 1. The van der Waals surface area contributed by atoms with Crippen molar-refractivity contribution in [1.29, 1.82) is 0 Å². The molecule has 1 amide bonds. The summed E-state index contributed by atoms with van der Waals surface area (Å²) in [6.45, 7) is 28.7. The molecule has 0 saturated heterocycles. The Balaban J connectivity index is 0.000000178. The number of fused-ring (bicyclic) bond motifs is 4. The van der Waals surface area contributed by atoms with E-state index in [-0.39, 0.29) is 35.4 Å². The van der Waals surface area contributed by atoms with Crippen LogP contribution >= 0.6 is 11.6 Å². The van der Waals surface area contributed by atoms with Gasteiger partial charge in [-0.1, -0.05) is 71.1 Å². The van der Waals surface area contributed by atoms with E-state index in [0.717, 1.165) is 150 Å². The van der Waals surface area contributed by atoms with Gasteiger partial charge in [-0.2, -0.15) is 0 Å². The van der Waals surface area contributed by atoms with Crippen molar-refractivity contribution >= 4 is 56.8 Å². The summed E-state index contributed by atoms with van der Waals surface area (Å²) >= 11 is 5.52. The summed E-state index contributed by atoms with van der Waals surface area (Å²) in [5.74, 6) is -1.41. The van der Waals surface area contributed by atoms with Gasteiger partial charge in [-0.25, -0.2) is 9.36 Å². The topological polar surface area (TPSA) is 174 Å². The average molecular weight is 1100 g/mol. The van der Waals surface area contributed by atoms with Gasteiger partial charge in [0, 0.05) is 55.7 Å². The molecule has 2 N–H and O–H groups in total. The third-order valence-corrected chi connectivity index (χ3v) is 17.1. The summed E-state index contributed by atoms with van der Waals surface area (Å²) in [6.07, 6.45) is 2.09. The fourth-order valence-corrected chi connectivity index (χ4v) is 12.0. The van der Waals surface area contributed by atoms with Crippen LogP contribution in [0.2, 0.25) is 0 Å². The Morgan fingerprint density at radius 2 is 1.07 bits per heavy atom. The van der Waals surface area contributed by atoms with E-state index in [1.54, 1.807) is 0 Å². The SMILES string of the molecule is CCn1nnc2c(C)c(C(CC(=O)O)c3ccc4c(c3)CN(C(=O)c3c(C)c(C)cc(C)c3C)CC4)ccc21.CCn1nnc2c(C)c(C(CC(=O)OC)c3ccc4c(c3)CNCC4)ccc21.Cc1cc(C)c(C)c(C(=O)Cl)c1C. The highest BCUT2D eigenvalue weighted by atomic mass is 35.5. The number of aryl methyl sites for hydroxylation is 8. The van der Waals surface area contributed by atoms with Crippen LogP contribution in [0, 0.1) is 69.2 Å². The van der Waals surface area contributed by atoms with Crippen LogP contribution in [-0.4, -0.2) is 83.3 Å². The number of carbonyl (C=O) groups is 4. The van der Waals surface area contributed by atoms with Gasteiger partial charge in [-0.3, -0.25) is 19.2 Å². The Kier molecular flexibility index (Phi) is 18.2. The second-order valence-electron chi connectivity index (χ2n) is 21.6.